The van der Waals surface area contributed by atoms with E-state index in [1.54, 1.807) is 60.7 Å². The first-order valence-electron chi connectivity index (χ1n) is 12.0. The lowest BCUT2D eigenvalue weighted by molar-refractivity contribution is -0.122. The number of nitrogens with zero attached hydrogens (tertiary/aromatic N) is 1. The van der Waals surface area contributed by atoms with Gasteiger partial charge in [-0.3, -0.25) is 19.2 Å². The van der Waals surface area contributed by atoms with Crippen LogP contribution < -0.4 is 19.8 Å². The highest BCUT2D eigenvalue weighted by Gasteiger charge is 2.56. The second-order valence-electron chi connectivity index (χ2n) is 9.02. The first-order chi connectivity index (χ1) is 18.9. The fourth-order valence-corrected chi connectivity index (χ4v) is 7.44. The topological polar surface area (TPSA) is 129 Å². The number of hydrogen-bond donors (Lipinski definition) is 3. The molecule has 2 aliphatic rings. The average molecular weight is 560 g/mol. The summed E-state index contributed by atoms with van der Waals surface area (Å²) in [6, 6.07) is 21.9. The molecule has 3 N–H and O–H groups in total. The van der Waals surface area contributed by atoms with E-state index in [0.717, 1.165) is 11.3 Å². The van der Waals surface area contributed by atoms with E-state index < -0.39 is 23.0 Å². The van der Waals surface area contributed by atoms with Crippen LogP contribution in [0.1, 0.15) is 16.4 Å². The standard InChI is InChI=1S/C28H21N3O6S2/c32-17-12-10-15(11-13-17)29-20(33)14-37-19-9-5-4-8-18(19)21-22-24(38-25-23(21)39-28(36)30-25)27(35)31(26(22)34)16-6-2-1-3-7-16/h1-13,21-22,24,32H,14H2,(H,29,33)(H,30,36)/t21-,22?,24?/m1/s1. The third-order valence-electron chi connectivity index (χ3n) is 6.60. The zero-order chi connectivity index (χ0) is 27.1. The summed E-state index contributed by atoms with van der Waals surface area (Å²) in [5, 5.41) is 12.0. The quantitative estimate of drug-likeness (QED) is 0.241. The number of nitrogens with one attached hydrogen (secondary N) is 2. The van der Waals surface area contributed by atoms with Crippen LogP contribution in [0.3, 0.4) is 0 Å². The molecular weight excluding hydrogens is 538 g/mol. The van der Waals surface area contributed by atoms with Crippen molar-refractivity contribution in [3.8, 4) is 11.5 Å². The van der Waals surface area contributed by atoms with Crippen LogP contribution in [0.2, 0.25) is 0 Å². The Balaban J connectivity index is 1.33. The van der Waals surface area contributed by atoms with Crippen molar-refractivity contribution in [2.75, 3.05) is 16.8 Å². The molecule has 1 aromatic heterocycles. The van der Waals surface area contributed by atoms with Crippen molar-refractivity contribution in [3.63, 3.8) is 0 Å². The van der Waals surface area contributed by atoms with Crippen LogP contribution in [-0.4, -0.2) is 39.7 Å². The molecule has 0 saturated carbocycles. The second kappa shape index (κ2) is 10.1. The summed E-state index contributed by atoms with van der Waals surface area (Å²) in [4.78, 5) is 56.8. The van der Waals surface area contributed by atoms with E-state index >= 15 is 0 Å². The molecule has 11 heteroatoms. The van der Waals surface area contributed by atoms with Crippen molar-refractivity contribution < 1.29 is 24.2 Å². The molecule has 2 aliphatic heterocycles. The van der Waals surface area contributed by atoms with Gasteiger partial charge in [-0.15, -0.1) is 0 Å². The van der Waals surface area contributed by atoms with Gasteiger partial charge in [-0.25, -0.2) is 4.90 Å². The Kier molecular flexibility index (Phi) is 6.45. The number of fused-ring (bicyclic) bond motifs is 2. The summed E-state index contributed by atoms with van der Waals surface area (Å²) in [5.41, 5.74) is 1.60. The summed E-state index contributed by atoms with van der Waals surface area (Å²) in [5.74, 6) is -2.04. The number of aromatic hydroxyl groups is 1. The van der Waals surface area contributed by atoms with Gasteiger partial charge in [0.2, 0.25) is 11.8 Å². The lowest BCUT2D eigenvalue weighted by Gasteiger charge is -2.30. The van der Waals surface area contributed by atoms with Crippen molar-refractivity contribution in [1.29, 1.82) is 0 Å². The number of aromatic nitrogens is 1. The highest BCUT2D eigenvalue weighted by atomic mass is 32.2. The minimum Gasteiger partial charge on any atom is -0.508 e. The molecule has 0 spiro atoms. The molecule has 0 aliphatic carbocycles. The Bertz CT molecular complexity index is 1630. The lowest BCUT2D eigenvalue weighted by atomic mass is 9.82. The van der Waals surface area contributed by atoms with E-state index in [0.29, 0.717) is 32.6 Å². The van der Waals surface area contributed by atoms with E-state index in [-0.39, 0.29) is 29.0 Å². The van der Waals surface area contributed by atoms with Gasteiger partial charge >= 0.3 is 4.87 Å². The third-order valence-corrected chi connectivity index (χ3v) is 9.00. The van der Waals surface area contributed by atoms with Gasteiger partial charge in [-0.1, -0.05) is 59.5 Å². The summed E-state index contributed by atoms with van der Waals surface area (Å²) in [7, 11) is 0. The van der Waals surface area contributed by atoms with E-state index in [2.05, 4.69) is 10.3 Å². The molecule has 1 fully saturated rings. The molecule has 1 saturated heterocycles. The fraction of sp³-hybridized carbons (Fsp3) is 0.143. The minimum absolute atomic E-state index is 0.0827. The highest BCUT2D eigenvalue weighted by molar-refractivity contribution is 8.00. The van der Waals surface area contributed by atoms with Crippen molar-refractivity contribution >= 4 is 52.2 Å². The van der Waals surface area contributed by atoms with Crippen molar-refractivity contribution in [3.05, 3.63) is 99.0 Å². The van der Waals surface area contributed by atoms with Crippen LogP contribution in [0.15, 0.2) is 88.7 Å². The maximum Gasteiger partial charge on any atom is 0.305 e. The number of H-pyrrole nitrogens is 1. The van der Waals surface area contributed by atoms with Crippen LogP contribution in [0.25, 0.3) is 0 Å². The molecule has 2 unspecified atom stereocenters. The van der Waals surface area contributed by atoms with Gasteiger partial charge in [0.1, 0.15) is 16.7 Å². The fourth-order valence-electron chi connectivity index (χ4n) is 4.94. The number of ether oxygens (including phenoxy) is 1. The van der Waals surface area contributed by atoms with Gasteiger partial charge < -0.3 is 20.1 Å². The van der Waals surface area contributed by atoms with Gasteiger partial charge in [0.25, 0.3) is 5.91 Å². The van der Waals surface area contributed by atoms with Crippen molar-refractivity contribution in [2.45, 2.75) is 16.2 Å². The van der Waals surface area contributed by atoms with E-state index in [9.17, 15) is 24.3 Å². The molecule has 4 aromatic rings. The number of amides is 3. The minimum atomic E-state index is -0.766. The van der Waals surface area contributed by atoms with Crippen LogP contribution in [0.4, 0.5) is 11.4 Å². The average Bonchev–Trinajstić information content (AvgIpc) is 3.43. The number of carbonyl (C=O) groups excluding carboxylic acids is 3. The molecule has 0 bridgehead atoms. The van der Waals surface area contributed by atoms with Crippen LogP contribution in [0.5, 0.6) is 11.5 Å². The second-order valence-corrected chi connectivity index (χ2v) is 11.2. The largest absolute Gasteiger partial charge is 0.508 e. The summed E-state index contributed by atoms with van der Waals surface area (Å²) in [6.45, 7) is -0.313. The predicted molar refractivity (Wildman–Crippen MR) is 148 cm³/mol. The zero-order valence-electron chi connectivity index (χ0n) is 20.2. The van der Waals surface area contributed by atoms with E-state index in [1.807, 2.05) is 6.07 Å². The van der Waals surface area contributed by atoms with Crippen LogP contribution >= 0.6 is 23.1 Å². The first-order valence-corrected chi connectivity index (χ1v) is 13.7. The Labute approximate surface area is 230 Å². The number of carbonyl (C=O) groups is 3. The SMILES string of the molecule is O=C(COc1ccccc1[C@H]1c2sc(=O)[nH]c2SC2C(=O)N(c3ccccc3)C(=O)C21)Nc1ccc(O)cc1. The number of phenols is 1. The van der Waals surface area contributed by atoms with E-state index in [4.69, 9.17) is 4.74 Å². The number of phenolic OH excluding ortho intramolecular Hbond substituents is 1. The molecule has 3 heterocycles. The lowest BCUT2D eigenvalue weighted by Crippen LogP contribution is -2.32. The maximum absolute atomic E-state index is 13.8. The van der Waals surface area contributed by atoms with Gasteiger partial charge in [0, 0.05) is 22.0 Å². The Hall–Kier alpha value is -4.35. The number of thiazole rings is 1. The number of para-hydroxylation sites is 2. The Morgan fingerprint density at radius 2 is 1.67 bits per heavy atom. The molecule has 0 radical (unpaired) electrons. The number of hydrogen-bond acceptors (Lipinski definition) is 8. The predicted octanol–water partition coefficient (Wildman–Crippen LogP) is 3.96. The van der Waals surface area contributed by atoms with Gasteiger partial charge in [-0.2, -0.15) is 0 Å². The van der Waals surface area contributed by atoms with Gasteiger partial charge in [-0.05, 0) is 42.5 Å². The van der Waals surface area contributed by atoms with Gasteiger partial charge in [0.05, 0.1) is 16.6 Å². The zero-order valence-corrected chi connectivity index (χ0v) is 21.8. The molecule has 6 rings (SSSR count). The Morgan fingerprint density at radius 3 is 2.44 bits per heavy atom. The monoisotopic (exact) mass is 559 g/mol. The summed E-state index contributed by atoms with van der Waals surface area (Å²) < 4.78 is 5.93. The smallest absolute Gasteiger partial charge is 0.305 e. The van der Waals surface area contributed by atoms with E-state index in [1.165, 1.54) is 28.8 Å². The number of benzene rings is 3. The number of thioether (sulfide) groups is 1. The number of imide groups is 1. The maximum atomic E-state index is 13.8. The number of anilines is 2. The molecule has 3 amide bonds. The normalized spacial score (nSPS) is 19.9. The first kappa shape index (κ1) is 25.0. The number of rotatable bonds is 6. The number of aromatic amines is 1. The molecule has 196 valence electrons. The highest BCUT2D eigenvalue weighted by Crippen LogP contribution is 2.54. The van der Waals surface area contributed by atoms with Crippen LogP contribution in [0, 0.1) is 5.92 Å². The van der Waals surface area contributed by atoms with Crippen LogP contribution in [-0.2, 0) is 14.4 Å². The van der Waals surface area contributed by atoms with Crippen molar-refractivity contribution in [2.24, 2.45) is 5.92 Å². The molecule has 3 atom stereocenters. The molecule has 3 aromatic carbocycles. The third kappa shape index (κ3) is 4.59. The molecule has 9 nitrogen and oxygen atoms in total. The van der Waals surface area contributed by atoms with Gasteiger partial charge in [0.15, 0.2) is 6.61 Å². The van der Waals surface area contributed by atoms with Crippen molar-refractivity contribution in [1.82, 2.24) is 4.98 Å². The Morgan fingerprint density at radius 1 is 0.949 bits per heavy atom. The summed E-state index contributed by atoms with van der Waals surface area (Å²) >= 11 is 2.21. The molecular formula is C28H21N3O6S2. The summed E-state index contributed by atoms with van der Waals surface area (Å²) in [6.07, 6.45) is 0. The molecule has 39 heavy (non-hydrogen) atoms.